The van der Waals surface area contributed by atoms with Crippen molar-refractivity contribution >= 4 is 31.6 Å². The van der Waals surface area contributed by atoms with E-state index in [0.29, 0.717) is 6.61 Å². The van der Waals surface area contributed by atoms with Gasteiger partial charge in [-0.3, -0.25) is 10.1 Å². The fourth-order valence-corrected chi connectivity index (χ4v) is 5.99. The quantitative estimate of drug-likeness (QED) is 0.353. The fourth-order valence-electron chi connectivity index (χ4n) is 3.52. The van der Waals surface area contributed by atoms with Crippen LogP contribution in [0.15, 0.2) is 59.5 Å². The molecule has 2 saturated heterocycles. The molecule has 160 valence electrons. The lowest BCUT2D eigenvalue weighted by Gasteiger charge is -2.38. The van der Waals surface area contributed by atoms with Gasteiger partial charge in [0.05, 0.1) is 29.0 Å². The van der Waals surface area contributed by atoms with Crippen LogP contribution < -0.4 is 4.72 Å². The maximum absolute atomic E-state index is 12.9. The minimum atomic E-state index is -4.22. The average Bonchev–Trinajstić information content (AvgIpc) is 3.18. The molecule has 2 aliphatic rings. The molecule has 11 heteroatoms. The first-order valence-electron chi connectivity index (χ1n) is 9.19. The number of hydrogen-bond donors (Lipinski definition) is 1. The lowest BCUT2D eigenvalue weighted by Crippen LogP contribution is -2.58. The molecule has 2 aromatic carbocycles. The molecule has 2 aliphatic heterocycles. The van der Waals surface area contributed by atoms with E-state index in [9.17, 15) is 18.5 Å². The number of rotatable bonds is 7. The Morgan fingerprint density at radius 3 is 2.60 bits per heavy atom. The third-order valence-corrected chi connectivity index (χ3v) is 7.58. The molecular weight excluding hydrogens is 480 g/mol. The number of nitrogens with zero attached hydrogens (tertiary/aromatic N) is 1. The minimum Gasteiger partial charge on any atom is -0.370 e. The molecule has 1 N–H and O–H groups in total. The molecule has 2 aromatic rings. The van der Waals surface area contributed by atoms with Crippen LogP contribution in [0.5, 0.6) is 0 Å². The molecule has 0 amide bonds. The molecule has 0 spiro atoms. The van der Waals surface area contributed by atoms with Gasteiger partial charge in [-0.15, -0.1) is 0 Å². The number of halogens is 1. The lowest BCUT2D eigenvalue weighted by molar-refractivity contribution is -0.387. The maximum Gasteiger partial charge on any atom is 0.289 e. The zero-order valence-corrected chi connectivity index (χ0v) is 18.0. The predicted molar refractivity (Wildman–Crippen MR) is 110 cm³/mol. The minimum absolute atomic E-state index is 0.260. The first-order chi connectivity index (χ1) is 14.4. The van der Waals surface area contributed by atoms with Gasteiger partial charge in [-0.05, 0) is 11.6 Å². The van der Waals surface area contributed by atoms with Crippen molar-refractivity contribution < 1.29 is 27.6 Å². The number of alkyl halides is 1. The summed E-state index contributed by atoms with van der Waals surface area (Å²) in [7, 11) is -4.22. The number of fused-ring (bicyclic) bond motifs is 2. The molecule has 0 unspecified atom stereocenters. The van der Waals surface area contributed by atoms with Gasteiger partial charge in [-0.1, -0.05) is 58.4 Å². The summed E-state index contributed by atoms with van der Waals surface area (Å²) in [4.78, 5) is 9.64. The molecule has 30 heavy (non-hydrogen) atoms. The monoisotopic (exact) mass is 498 g/mol. The van der Waals surface area contributed by atoms with Crippen molar-refractivity contribution in [3.63, 3.8) is 0 Å². The van der Waals surface area contributed by atoms with Crippen molar-refractivity contribution in [3.05, 3.63) is 70.3 Å². The Bertz CT molecular complexity index is 1020. The average molecular weight is 499 g/mol. The number of sulfonamides is 1. The second kappa shape index (κ2) is 8.69. The second-order valence-corrected chi connectivity index (χ2v) is 9.69. The van der Waals surface area contributed by atoms with Gasteiger partial charge < -0.3 is 14.2 Å². The summed E-state index contributed by atoms with van der Waals surface area (Å²) < 4.78 is 45.8. The molecule has 0 aliphatic carbocycles. The topological polar surface area (TPSA) is 117 Å². The number of para-hydroxylation sites is 1. The Balaban J connectivity index is 1.54. The molecular formula is C19H19BrN2O7S. The smallest absolute Gasteiger partial charge is 0.289 e. The predicted octanol–water partition coefficient (Wildman–Crippen LogP) is 2.35. The van der Waals surface area contributed by atoms with Crippen LogP contribution >= 0.6 is 15.9 Å². The van der Waals surface area contributed by atoms with Gasteiger partial charge in [0.2, 0.25) is 10.0 Å². The lowest BCUT2D eigenvalue weighted by atomic mass is 10.0. The normalized spacial score (nSPS) is 28.4. The highest BCUT2D eigenvalue weighted by atomic mass is 79.9. The van der Waals surface area contributed by atoms with E-state index in [4.69, 9.17) is 14.2 Å². The summed E-state index contributed by atoms with van der Waals surface area (Å²) in [6.45, 7) is 0.581. The fraction of sp³-hybridized carbons (Fsp3) is 0.368. The van der Waals surface area contributed by atoms with Gasteiger partial charge >= 0.3 is 0 Å². The summed E-state index contributed by atoms with van der Waals surface area (Å²) in [5, 5.41) is 11.3. The van der Waals surface area contributed by atoms with E-state index < -0.39 is 48.8 Å². The van der Waals surface area contributed by atoms with Crippen LogP contribution in [0.25, 0.3) is 0 Å². The van der Waals surface area contributed by atoms with Gasteiger partial charge in [0.25, 0.3) is 5.69 Å². The standard InChI is InChI=1S/C19H19BrN2O7S/c20-16-17(21-30(25,26)15-9-5-4-8-13(15)22(23)24)19-28-11-14(29-19)18(16)27-10-12-6-2-1-3-7-12/h1-9,14,16-19,21H,10-11H2/t14-,16-,17-,18-,19-/m1/s1. The molecule has 4 rings (SSSR count). The number of hydrogen-bond acceptors (Lipinski definition) is 7. The zero-order chi connectivity index (χ0) is 21.3. The highest BCUT2D eigenvalue weighted by molar-refractivity contribution is 9.09. The van der Waals surface area contributed by atoms with E-state index in [1.54, 1.807) is 0 Å². The highest BCUT2D eigenvalue weighted by Crippen LogP contribution is 2.35. The van der Waals surface area contributed by atoms with Crippen LogP contribution in [0.3, 0.4) is 0 Å². The molecule has 5 atom stereocenters. The van der Waals surface area contributed by atoms with Gasteiger partial charge in [0.1, 0.15) is 12.2 Å². The van der Waals surface area contributed by atoms with Crippen LogP contribution in [0, 0.1) is 10.1 Å². The number of nitro groups is 1. The van der Waals surface area contributed by atoms with E-state index in [1.165, 1.54) is 18.2 Å². The van der Waals surface area contributed by atoms with Gasteiger partial charge in [0.15, 0.2) is 11.2 Å². The van der Waals surface area contributed by atoms with Crippen LogP contribution in [-0.2, 0) is 30.8 Å². The Hall–Kier alpha value is -1.89. The van der Waals surface area contributed by atoms with E-state index in [-0.39, 0.29) is 12.7 Å². The van der Waals surface area contributed by atoms with Gasteiger partial charge in [-0.25, -0.2) is 13.1 Å². The summed E-state index contributed by atoms with van der Waals surface area (Å²) >= 11 is 3.54. The summed E-state index contributed by atoms with van der Waals surface area (Å²) in [6, 6.07) is 13.9. The van der Waals surface area contributed by atoms with Crippen molar-refractivity contribution in [1.82, 2.24) is 4.72 Å². The molecule has 2 heterocycles. The number of nitro benzene ring substituents is 1. The van der Waals surface area contributed by atoms with E-state index in [2.05, 4.69) is 20.7 Å². The molecule has 0 radical (unpaired) electrons. The number of ether oxygens (including phenoxy) is 3. The zero-order valence-electron chi connectivity index (χ0n) is 15.6. The van der Waals surface area contributed by atoms with Crippen LogP contribution in [0.2, 0.25) is 0 Å². The van der Waals surface area contributed by atoms with Crippen LogP contribution in [-0.4, -0.2) is 49.3 Å². The summed E-state index contributed by atoms with van der Waals surface area (Å²) in [5.41, 5.74) is 0.463. The highest BCUT2D eigenvalue weighted by Gasteiger charge is 2.52. The summed E-state index contributed by atoms with van der Waals surface area (Å²) in [6.07, 6.45) is -1.66. The molecule has 2 fully saturated rings. The van der Waals surface area contributed by atoms with Crippen LogP contribution in [0.4, 0.5) is 5.69 Å². The maximum atomic E-state index is 12.9. The number of benzene rings is 2. The second-order valence-electron chi connectivity index (χ2n) is 6.95. The van der Waals surface area contributed by atoms with E-state index >= 15 is 0 Å². The van der Waals surface area contributed by atoms with Crippen LogP contribution in [0.1, 0.15) is 5.56 Å². The Morgan fingerprint density at radius 1 is 1.17 bits per heavy atom. The Morgan fingerprint density at radius 2 is 1.87 bits per heavy atom. The van der Waals surface area contributed by atoms with Crippen molar-refractivity contribution in [2.45, 2.75) is 40.9 Å². The third kappa shape index (κ3) is 4.27. The van der Waals surface area contributed by atoms with Gasteiger partial charge in [-0.2, -0.15) is 0 Å². The number of nitrogens with one attached hydrogen (secondary N) is 1. The summed E-state index contributed by atoms with van der Waals surface area (Å²) in [5.74, 6) is 0. The van der Waals surface area contributed by atoms with E-state index in [0.717, 1.165) is 11.6 Å². The first kappa shape index (κ1) is 21.3. The van der Waals surface area contributed by atoms with Crippen molar-refractivity contribution in [2.75, 3.05) is 6.61 Å². The van der Waals surface area contributed by atoms with E-state index in [1.807, 2.05) is 30.3 Å². The van der Waals surface area contributed by atoms with Gasteiger partial charge in [0, 0.05) is 6.07 Å². The molecule has 0 saturated carbocycles. The van der Waals surface area contributed by atoms with Crippen molar-refractivity contribution in [3.8, 4) is 0 Å². The first-order valence-corrected chi connectivity index (χ1v) is 11.6. The molecule has 2 bridgehead atoms. The van der Waals surface area contributed by atoms with Crippen molar-refractivity contribution in [2.24, 2.45) is 0 Å². The Kier molecular flexibility index (Phi) is 6.19. The van der Waals surface area contributed by atoms with Crippen molar-refractivity contribution in [1.29, 1.82) is 0 Å². The third-order valence-electron chi connectivity index (χ3n) is 4.98. The SMILES string of the molecule is O=[N+]([O-])c1ccccc1S(=O)(=O)N[C@H]1[C@@H]2OC[C@@H](O2)[C@@H](OCc2ccccc2)[C@@H]1Br. The molecule has 0 aromatic heterocycles. The Labute approximate surface area is 181 Å². The largest absolute Gasteiger partial charge is 0.370 e. The molecule has 9 nitrogen and oxygen atoms in total.